The summed E-state index contributed by atoms with van der Waals surface area (Å²) in [4.78, 5) is 19.3. The SMILES string of the molecule is CCNC(=NCC(C)Oc1ccccc1Cl)NC1CCN(C(=O)C2CCCC2)C1.I. The maximum Gasteiger partial charge on any atom is 0.225 e. The molecule has 1 saturated heterocycles. The Morgan fingerprint density at radius 2 is 2.03 bits per heavy atom. The van der Waals surface area contributed by atoms with Crippen molar-refractivity contribution in [2.24, 2.45) is 10.9 Å². The number of nitrogens with zero attached hydrogens (tertiary/aromatic N) is 2. The number of carbonyl (C=O) groups excluding carboxylic acids is 1. The molecule has 0 spiro atoms. The standard InChI is InChI=1S/C22H33ClN4O2.HI/c1-3-24-22(25-14-16(2)29-20-11-7-6-10-19(20)23)26-18-12-13-27(15-18)21(28)17-8-4-5-9-17;/h6-7,10-11,16-18H,3-5,8-9,12-15H2,1-2H3,(H2,24,25,26);1H. The summed E-state index contributed by atoms with van der Waals surface area (Å²) in [6.07, 6.45) is 5.35. The highest BCUT2D eigenvalue weighted by Gasteiger charge is 2.32. The van der Waals surface area contributed by atoms with Gasteiger partial charge in [-0.05, 0) is 45.2 Å². The monoisotopic (exact) mass is 548 g/mol. The van der Waals surface area contributed by atoms with Crippen molar-refractivity contribution in [3.05, 3.63) is 29.3 Å². The van der Waals surface area contributed by atoms with Crippen LogP contribution in [0.4, 0.5) is 0 Å². The Hall–Kier alpha value is -1.22. The first kappa shape index (κ1) is 25.0. The summed E-state index contributed by atoms with van der Waals surface area (Å²) in [5.41, 5.74) is 0. The number of carbonyl (C=O) groups is 1. The van der Waals surface area contributed by atoms with Gasteiger partial charge in [0.15, 0.2) is 5.96 Å². The Kier molecular flexibility index (Phi) is 10.5. The van der Waals surface area contributed by atoms with Crippen LogP contribution in [0.5, 0.6) is 5.75 Å². The lowest BCUT2D eigenvalue weighted by molar-refractivity contribution is -0.134. The molecule has 6 nitrogen and oxygen atoms in total. The van der Waals surface area contributed by atoms with Gasteiger partial charge in [-0.3, -0.25) is 4.79 Å². The molecule has 1 aromatic carbocycles. The molecule has 2 fully saturated rings. The first-order chi connectivity index (χ1) is 14.1. The van der Waals surface area contributed by atoms with E-state index in [4.69, 9.17) is 16.3 Å². The summed E-state index contributed by atoms with van der Waals surface area (Å²) in [5.74, 6) is 2.03. The molecular formula is C22H34ClIN4O2. The number of ether oxygens (including phenoxy) is 1. The molecule has 1 aliphatic heterocycles. The largest absolute Gasteiger partial charge is 0.487 e. The second kappa shape index (κ2) is 12.6. The average Bonchev–Trinajstić information content (AvgIpc) is 3.40. The van der Waals surface area contributed by atoms with Crippen LogP contribution in [0.15, 0.2) is 29.3 Å². The first-order valence-electron chi connectivity index (χ1n) is 10.8. The fraction of sp³-hybridized carbons (Fsp3) is 0.636. The van der Waals surface area contributed by atoms with Gasteiger partial charge in [0.05, 0.1) is 11.6 Å². The summed E-state index contributed by atoms with van der Waals surface area (Å²) in [7, 11) is 0. The van der Waals surface area contributed by atoms with E-state index >= 15 is 0 Å². The molecule has 2 atom stereocenters. The zero-order valence-electron chi connectivity index (χ0n) is 17.9. The Labute approximate surface area is 202 Å². The van der Waals surface area contributed by atoms with Crippen molar-refractivity contribution in [2.75, 3.05) is 26.2 Å². The molecule has 1 amide bonds. The van der Waals surface area contributed by atoms with Gasteiger partial charge >= 0.3 is 0 Å². The third-order valence-corrected chi connectivity index (χ3v) is 5.87. The molecule has 3 rings (SSSR count). The lowest BCUT2D eigenvalue weighted by atomic mass is 10.1. The molecule has 2 N–H and O–H groups in total. The van der Waals surface area contributed by atoms with E-state index in [1.807, 2.05) is 43.0 Å². The fourth-order valence-electron chi connectivity index (χ4n) is 4.04. The molecular weight excluding hydrogens is 515 g/mol. The van der Waals surface area contributed by atoms with Crippen LogP contribution in [0, 0.1) is 5.92 Å². The Bertz CT molecular complexity index is 712. The zero-order valence-corrected chi connectivity index (χ0v) is 21.0. The lowest BCUT2D eigenvalue weighted by Crippen LogP contribution is -2.45. The van der Waals surface area contributed by atoms with Crippen molar-refractivity contribution in [3.63, 3.8) is 0 Å². The summed E-state index contributed by atoms with van der Waals surface area (Å²) in [6.45, 7) is 6.91. The molecule has 8 heteroatoms. The highest BCUT2D eigenvalue weighted by molar-refractivity contribution is 14.0. The molecule has 2 aliphatic rings. The maximum atomic E-state index is 12.6. The molecule has 0 bridgehead atoms. The van der Waals surface area contributed by atoms with Gasteiger partial charge < -0.3 is 20.3 Å². The van der Waals surface area contributed by atoms with Crippen molar-refractivity contribution in [3.8, 4) is 5.75 Å². The van der Waals surface area contributed by atoms with Gasteiger partial charge in [-0.1, -0.05) is 36.6 Å². The van der Waals surface area contributed by atoms with Gasteiger partial charge in [0.2, 0.25) is 5.91 Å². The smallest absolute Gasteiger partial charge is 0.225 e. The number of aliphatic imine (C=N–C) groups is 1. The van der Waals surface area contributed by atoms with Crippen LogP contribution >= 0.6 is 35.6 Å². The molecule has 1 saturated carbocycles. The number of likely N-dealkylation sites (tertiary alicyclic amines) is 1. The normalized spacial score (nSPS) is 20.6. The molecule has 1 aliphatic carbocycles. The van der Waals surface area contributed by atoms with Gasteiger partial charge in [0.1, 0.15) is 11.9 Å². The number of amides is 1. The Morgan fingerprint density at radius 1 is 1.30 bits per heavy atom. The highest BCUT2D eigenvalue weighted by Crippen LogP contribution is 2.28. The van der Waals surface area contributed by atoms with Crippen molar-refractivity contribution < 1.29 is 9.53 Å². The van der Waals surface area contributed by atoms with Crippen LogP contribution in [0.25, 0.3) is 0 Å². The molecule has 1 heterocycles. The minimum Gasteiger partial charge on any atom is -0.487 e. The number of rotatable bonds is 7. The summed E-state index contributed by atoms with van der Waals surface area (Å²) < 4.78 is 5.90. The number of benzene rings is 1. The van der Waals surface area contributed by atoms with Gasteiger partial charge in [-0.2, -0.15) is 0 Å². The summed E-state index contributed by atoms with van der Waals surface area (Å²) in [5, 5.41) is 7.38. The number of guanidine groups is 1. The molecule has 168 valence electrons. The minimum atomic E-state index is -0.102. The predicted octanol–water partition coefficient (Wildman–Crippen LogP) is 4.07. The minimum absolute atomic E-state index is 0. The van der Waals surface area contributed by atoms with Crippen molar-refractivity contribution in [2.45, 2.75) is 58.1 Å². The molecule has 0 radical (unpaired) electrons. The molecule has 2 unspecified atom stereocenters. The highest BCUT2D eigenvalue weighted by atomic mass is 127. The van der Waals surface area contributed by atoms with E-state index in [0.29, 0.717) is 23.2 Å². The number of para-hydroxylation sites is 1. The van der Waals surface area contributed by atoms with Crippen LogP contribution in [0.2, 0.25) is 5.02 Å². The van der Waals surface area contributed by atoms with Gasteiger partial charge in [-0.25, -0.2) is 4.99 Å². The van der Waals surface area contributed by atoms with E-state index in [1.54, 1.807) is 0 Å². The lowest BCUT2D eigenvalue weighted by Gasteiger charge is -2.22. The van der Waals surface area contributed by atoms with Crippen LogP contribution in [-0.4, -0.2) is 55.1 Å². The second-order valence-corrected chi connectivity index (χ2v) is 8.38. The topological polar surface area (TPSA) is 66.0 Å². The number of halogens is 2. The van der Waals surface area contributed by atoms with Gasteiger partial charge in [-0.15, -0.1) is 24.0 Å². The van der Waals surface area contributed by atoms with E-state index < -0.39 is 0 Å². The third-order valence-electron chi connectivity index (χ3n) is 5.56. The zero-order chi connectivity index (χ0) is 20.6. The van der Waals surface area contributed by atoms with Crippen molar-refractivity contribution in [1.29, 1.82) is 0 Å². The van der Waals surface area contributed by atoms with Gasteiger partial charge in [0, 0.05) is 31.6 Å². The van der Waals surface area contributed by atoms with E-state index in [1.165, 1.54) is 12.8 Å². The fourth-order valence-corrected chi connectivity index (χ4v) is 4.22. The quantitative estimate of drug-likeness (QED) is 0.306. The number of nitrogens with one attached hydrogen (secondary N) is 2. The second-order valence-electron chi connectivity index (χ2n) is 7.97. The van der Waals surface area contributed by atoms with Crippen molar-refractivity contribution in [1.82, 2.24) is 15.5 Å². The Morgan fingerprint density at radius 3 is 2.73 bits per heavy atom. The molecule has 0 aromatic heterocycles. The van der Waals surface area contributed by atoms with E-state index in [-0.39, 0.29) is 42.0 Å². The van der Waals surface area contributed by atoms with Crippen LogP contribution in [0.3, 0.4) is 0 Å². The van der Waals surface area contributed by atoms with Gasteiger partial charge in [0.25, 0.3) is 0 Å². The summed E-state index contributed by atoms with van der Waals surface area (Å²) in [6, 6.07) is 7.70. The third kappa shape index (κ3) is 7.18. The van der Waals surface area contributed by atoms with Crippen LogP contribution in [-0.2, 0) is 4.79 Å². The van der Waals surface area contributed by atoms with Crippen LogP contribution < -0.4 is 15.4 Å². The number of hydrogen-bond donors (Lipinski definition) is 2. The number of hydrogen-bond acceptors (Lipinski definition) is 3. The average molecular weight is 549 g/mol. The van der Waals surface area contributed by atoms with E-state index in [0.717, 1.165) is 44.9 Å². The Balaban J connectivity index is 0.00000320. The van der Waals surface area contributed by atoms with Crippen molar-refractivity contribution >= 4 is 47.4 Å². The molecule has 1 aromatic rings. The first-order valence-corrected chi connectivity index (χ1v) is 11.2. The summed E-state index contributed by atoms with van der Waals surface area (Å²) >= 11 is 6.16. The van der Waals surface area contributed by atoms with Crippen LogP contribution in [0.1, 0.15) is 46.0 Å². The van der Waals surface area contributed by atoms with E-state index in [9.17, 15) is 4.79 Å². The van der Waals surface area contributed by atoms with E-state index in [2.05, 4.69) is 15.6 Å². The molecule has 30 heavy (non-hydrogen) atoms. The maximum absolute atomic E-state index is 12.6. The predicted molar refractivity (Wildman–Crippen MR) is 133 cm³/mol.